The van der Waals surface area contributed by atoms with Crippen molar-refractivity contribution in [2.45, 2.75) is 50.5 Å². The van der Waals surface area contributed by atoms with E-state index >= 15 is 0 Å². The van der Waals surface area contributed by atoms with E-state index in [2.05, 4.69) is 16.6 Å². The van der Waals surface area contributed by atoms with Crippen LogP contribution in [0.4, 0.5) is 18.3 Å². The molecule has 2 heterocycles. The Morgan fingerprint density at radius 2 is 1.72 bits per heavy atom. The second kappa shape index (κ2) is 12.9. The van der Waals surface area contributed by atoms with Crippen molar-refractivity contribution in [1.29, 1.82) is 0 Å². The lowest BCUT2D eigenvalue weighted by Crippen LogP contribution is -2.60. The summed E-state index contributed by atoms with van der Waals surface area (Å²) in [6.07, 6.45) is -3.03. The number of aromatic carboxylic acids is 1. The molecule has 0 radical (unpaired) electrons. The van der Waals surface area contributed by atoms with Gasteiger partial charge in [0.1, 0.15) is 16.7 Å². The maximum absolute atomic E-state index is 13.9. The molecular weight excluding hydrogens is 609 g/mol. The monoisotopic (exact) mass is 640 g/mol. The van der Waals surface area contributed by atoms with Gasteiger partial charge in [-0.05, 0) is 48.7 Å². The quantitative estimate of drug-likeness (QED) is 0.343. The van der Waals surface area contributed by atoms with Crippen LogP contribution in [-0.4, -0.2) is 78.7 Å². The average molecular weight is 641 g/mol. The third-order valence-corrected chi connectivity index (χ3v) is 10.0. The molecule has 1 saturated heterocycles. The largest absolute Gasteiger partial charge is 0.573 e. The van der Waals surface area contributed by atoms with Crippen molar-refractivity contribution in [1.82, 2.24) is 14.2 Å². The Morgan fingerprint density at radius 1 is 1.09 bits per heavy atom. The van der Waals surface area contributed by atoms with Crippen LogP contribution in [0.2, 0.25) is 0 Å². The van der Waals surface area contributed by atoms with Crippen LogP contribution in [0.3, 0.4) is 0 Å². The number of carbonyl (C=O) groups excluding carboxylic acids is 1. The van der Waals surface area contributed by atoms with E-state index in [1.165, 1.54) is 4.90 Å². The molecule has 43 heavy (non-hydrogen) atoms. The molecular formula is C28H31F3N4O6S2. The van der Waals surface area contributed by atoms with E-state index < -0.39 is 40.1 Å². The first-order valence-electron chi connectivity index (χ1n) is 13.4. The van der Waals surface area contributed by atoms with Gasteiger partial charge in [-0.3, -0.25) is 4.79 Å². The predicted octanol–water partition coefficient (Wildman–Crippen LogP) is 4.54. The molecule has 0 aliphatic carbocycles. The summed E-state index contributed by atoms with van der Waals surface area (Å²) in [7, 11) is -2.78. The molecule has 15 heteroatoms. The van der Waals surface area contributed by atoms with E-state index in [0.717, 1.165) is 63.9 Å². The average Bonchev–Trinajstić information content (AvgIpc) is 3.35. The normalized spacial score (nSPS) is 16.2. The predicted molar refractivity (Wildman–Crippen MR) is 154 cm³/mol. The van der Waals surface area contributed by atoms with Crippen molar-refractivity contribution in [2.24, 2.45) is 0 Å². The molecule has 1 aliphatic rings. The summed E-state index contributed by atoms with van der Waals surface area (Å²) >= 11 is 0.932. The number of benzene rings is 2. The number of thiazole rings is 1. The molecule has 0 bridgehead atoms. The third-order valence-electron chi connectivity index (χ3n) is 6.89. The minimum Gasteiger partial charge on any atom is -0.477 e. The molecule has 10 nitrogen and oxygen atoms in total. The highest BCUT2D eigenvalue weighted by Gasteiger charge is 2.42. The van der Waals surface area contributed by atoms with Crippen LogP contribution in [-0.2, 0) is 27.8 Å². The Balaban J connectivity index is 1.63. The highest BCUT2D eigenvalue weighted by atomic mass is 32.2. The zero-order valence-corrected chi connectivity index (χ0v) is 25.3. The Bertz CT molecular complexity index is 1560. The first-order valence-corrected chi connectivity index (χ1v) is 15.6. The van der Waals surface area contributed by atoms with E-state index in [1.54, 1.807) is 18.9 Å². The standard InChI is InChI=1S/C28H31F3N4O6S2/c1-4-5-19-6-8-20(9-7-19)16-33(3)25(36)23-17-34(27-32-18(2)24(42-27)26(37)38)14-15-35(23)43(39,40)22-12-10-21(11-13-22)41-28(29,30)31/h6-13,23H,4-5,14-17H2,1-3H3,(H,37,38). The summed E-state index contributed by atoms with van der Waals surface area (Å²) in [6.45, 7) is 3.68. The van der Waals surface area contributed by atoms with Gasteiger partial charge in [0.25, 0.3) is 0 Å². The number of sulfonamides is 1. The van der Waals surface area contributed by atoms with Gasteiger partial charge in [-0.25, -0.2) is 18.2 Å². The molecule has 1 atom stereocenters. The molecule has 1 aliphatic heterocycles. The van der Waals surface area contributed by atoms with Crippen LogP contribution < -0.4 is 9.64 Å². The summed E-state index contributed by atoms with van der Waals surface area (Å²) in [4.78, 5) is 32.6. The summed E-state index contributed by atoms with van der Waals surface area (Å²) < 4.78 is 70.2. The van der Waals surface area contributed by atoms with Crippen molar-refractivity contribution < 1.29 is 41.0 Å². The molecule has 0 spiro atoms. The number of carboxylic acid groups (broad SMARTS) is 1. The van der Waals surface area contributed by atoms with Gasteiger partial charge in [-0.2, -0.15) is 4.31 Å². The Kier molecular flexibility index (Phi) is 9.66. The van der Waals surface area contributed by atoms with E-state index in [1.807, 2.05) is 24.3 Å². The number of halogens is 3. The van der Waals surface area contributed by atoms with Crippen molar-refractivity contribution >= 4 is 38.4 Å². The van der Waals surface area contributed by atoms with Crippen LogP contribution in [0.1, 0.15) is 39.8 Å². The van der Waals surface area contributed by atoms with Crippen LogP contribution >= 0.6 is 11.3 Å². The number of rotatable bonds is 10. The number of alkyl halides is 3. The summed E-state index contributed by atoms with van der Waals surface area (Å²) in [5.74, 6) is -2.23. The number of nitrogens with zero attached hydrogens (tertiary/aromatic N) is 4. The fourth-order valence-electron chi connectivity index (χ4n) is 4.80. The lowest BCUT2D eigenvalue weighted by atomic mass is 10.1. The molecule has 232 valence electrons. The zero-order valence-electron chi connectivity index (χ0n) is 23.7. The van der Waals surface area contributed by atoms with Crippen molar-refractivity contribution in [3.63, 3.8) is 0 Å². The van der Waals surface area contributed by atoms with Crippen LogP contribution in [0.15, 0.2) is 53.4 Å². The minimum absolute atomic E-state index is 0.0396. The molecule has 1 fully saturated rings. The number of likely N-dealkylation sites (N-methyl/N-ethyl adjacent to an activating group) is 1. The topological polar surface area (TPSA) is 120 Å². The fraction of sp³-hybridized carbons (Fsp3) is 0.393. The van der Waals surface area contributed by atoms with Crippen molar-refractivity contribution in [3.05, 3.63) is 70.2 Å². The van der Waals surface area contributed by atoms with Gasteiger partial charge in [-0.1, -0.05) is 48.9 Å². The van der Waals surface area contributed by atoms with Gasteiger partial charge >= 0.3 is 12.3 Å². The zero-order chi connectivity index (χ0) is 31.5. The minimum atomic E-state index is -4.94. The number of aryl methyl sites for hydroxylation is 2. The molecule has 2 aromatic carbocycles. The molecule has 3 aromatic rings. The number of ether oxygens (including phenoxy) is 1. The van der Waals surface area contributed by atoms with Crippen LogP contribution in [0, 0.1) is 6.92 Å². The maximum Gasteiger partial charge on any atom is 0.573 e. The number of piperazine rings is 1. The molecule has 1 unspecified atom stereocenters. The fourth-order valence-corrected chi connectivity index (χ4v) is 7.31. The van der Waals surface area contributed by atoms with Crippen LogP contribution in [0.5, 0.6) is 5.75 Å². The maximum atomic E-state index is 13.9. The smallest absolute Gasteiger partial charge is 0.477 e. The lowest BCUT2D eigenvalue weighted by Gasteiger charge is -2.40. The highest BCUT2D eigenvalue weighted by molar-refractivity contribution is 7.89. The molecule has 1 N–H and O–H groups in total. The second-order valence-corrected chi connectivity index (χ2v) is 12.9. The Morgan fingerprint density at radius 3 is 2.28 bits per heavy atom. The summed E-state index contributed by atoms with van der Waals surface area (Å²) in [5, 5.41) is 9.81. The first kappa shape index (κ1) is 32.2. The Labute approximate surface area is 251 Å². The second-order valence-electron chi connectivity index (χ2n) is 10.1. The number of aromatic nitrogens is 1. The van der Waals surface area contributed by atoms with Gasteiger partial charge in [0.2, 0.25) is 15.9 Å². The molecule has 1 aromatic heterocycles. The first-order chi connectivity index (χ1) is 20.2. The summed E-state index contributed by atoms with van der Waals surface area (Å²) in [5.41, 5.74) is 2.31. The lowest BCUT2D eigenvalue weighted by molar-refractivity contribution is -0.274. The number of hydrogen-bond donors (Lipinski definition) is 1. The number of amides is 1. The van der Waals surface area contributed by atoms with Crippen LogP contribution in [0.25, 0.3) is 0 Å². The SMILES string of the molecule is CCCc1ccc(CN(C)C(=O)C2CN(c3nc(C)c(C(=O)O)s3)CCN2S(=O)(=O)c2ccc(OC(F)(F)F)cc2)cc1. The van der Waals surface area contributed by atoms with E-state index in [0.29, 0.717) is 10.8 Å². The van der Waals surface area contributed by atoms with Gasteiger partial charge in [0.05, 0.1) is 10.6 Å². The van der Waals surface area contributed by atoms with Gasteiger partial charge < -0.3 is 19.6 Å². The van der Waals surface area contributed by atoms with Gasteiger partial charge in [-0.15, -0.1) is 13.2 Å². The molecule has 1 amide bonds. The number of hydrogen-bond acceptors (Lipinski definition) is 8. The van der Waals surface area contributed by atoms with Gasteiger partial charge in [0, 0.05) is 33.2 Å². The van der Waals surface area contributed by atoms with Crippen molar-refractivity contribution in [2.75, 3.05) is 31.6 Å². The van der Waals surface area contributed by atoms with E-state index in [9.17, 15) is 36.3 Å². The van der Waals surface area contributed by atoms with E-state index in [-0.39, 0.29) is 36.0 Å². The Hall–Kier alpha value is -3.69. The van der Waals surface area contributed by atoms with Crippen molar-refractivity contribution in [3.8, 4) is 5.75 Å². The molecule has 4 rings (SSSR count). The third kappa shape index (κ3) is 7.64. The number of carbonyl (C=O) groups is 2. The highest BCUT2D eigenvalue weighted by Crippen LogP contribution is 2.31. The molecule has 0 saturated carbocycles. The summed E-state index contributed by atoms with van der Waals surface area (Å²) in [6, 6.07) is 10.3. The van der Waals surface area contributed by atoms with E-state index in [4.69, 9.17) is 0 Å². The van der Waals surface area contributed by atoms with Gasteiger partial charge in [0.15, 0.2) is 5.13 Å². The number of carboxylic acids is 1. The number of anilines is 1.